The van der Waals surface area contributed by atoms with Crippen LogP contribution in [0.4, 0.5) is 15.8 Å². The number of nitrogens with one attached hydrogen (secondary N) is 2. The predicted octanol–water partition coefficient (Wildman–Crippen LogP) is 4.87. The maximum Gasteiger partial charge on any atom is 0.229 e. The molecule has 2 unspecified atom stereocenters. The van der Waals surface area contributed by atoms with Crippen molar-refractivity contribution in [1.29, 1.82) is 0 Å². The quantitative estimate of drug-likeness (QED) is 0.353. The maximum atomic E-state index is 14.1. The molecule has 0 aliphatic carbocycles. The Morgan fingerprint density at radius 3 is 2.56 bits per heavy atom. The standard InChI is InChI=1S/C26H24FN5O2S2/c1-17-15-20(11-12-21(17)30-36(2,33)34)32-25(24(29-26(32)35)22-9-3-4-13-28-22)23-10-6-14-31(23)19-8-5-7-18(27)16-19/h3-16,24-25,30H,1-2H3,(H,29,35). The van der Waals surface area contributed by atoms with E-state index in [1.54, 1.807) is 18.3 Å². The molecule has 3 heterocycles. The fraction of sp³-hybridized carbons (Fsp3) is 0.154. The summed E-state index contributed by atoms with van der Waals surface area (Å²) in [6.07, 6.45) is 4.75. The molecule has 10 heteroatoms. The monoisotopic (exact) mass is 521 g/mol. The number of anilines is 2. The van der Waals surface area contributed by atoms with Crippen LogP contribution in [0.15, 0.2) is 85.2 Å². The summed E-state index contributed by atoms with van der Waals surface area (Å²) in [6, 6.07) is 20.9. The van der Waals surface area contributed by atoms with Crippen molar-refractivity contribution in [2.24, 2.45) is 0 Å². The van der Waals surface area contributed by atoms with Crippen molar-refractivity contribution >= 4 is 38.7 Å². The van der Waals surface area contributed by atoms with E-state index in [1.165, 1.54) is 12.1 Å². The van der Waals surface area contributed by atoms with E-state index in [4.69, 9.17) is 12.2 Å². The topological polar surface area (TPSA) is 79.3 Å². The van der Waals surface area contributed by atoms with Crippen molar-refractivity contribution in [3.05, 3.63) is 108 Å². The lowest BCUT2D eigenvalue weighted by atomic mass is 10.0. The van der Waals surface area contributed by atoms with Crippen LogP contribution in [0.25, 0.3) is 5.69 Å². The third-order valence-electron chi connectivity index (χ3n) is 6.05. The zero-order chi connectivity index (χ0) is 25.4. The Hall–Kier alpha value is -3.76. The van der Waals surface area contributed by atoms with Crippen LogP contribution < -0.4 is 14.9 Å². The average molecular weight is 522 g/mol. The van der Waals surface area contributed by atoms with Gasteiger partial charge >= 0.3 is 0 Å². The van der Waals surface area contributed by atoms with Gasteiger partial charge < -0.3 is 14.8 Å². The van der Waals surface area contributed by atoms with Crippen molar-refractivity contribution in [2.45, 2.75) is 19.0 Å². The Kier molecular flexibility index (Phi) is 6.23. The molecule has 36 heavy (non-hydrogen) atoms. The number of aryl methyl sites for hydroxylation is 1. The summed E-state index contributed by atoms with van der Waals surface area (Å²) in [5.41, 5.74) is 4.43. The first-order valence-electron chi connectivity index (χ1n) is 11.2. The number of hydrogen-bond donors (Lipinski definition) is 2. The number of benzene rings is 2. The van der Waals surface area contributed by atoms with E-state index >= 15 is 0 Å². The van der Waals surface area contributed by atoms with Gasteiger partial charge in [-0.05, 0) is 85.4 Å². The summed E-state index contributed by atoms with van der Waals surface area (Å²) >= 11 is 5.80. The summed E-state index contributed by atoms with van der Waals surface area (Å²) < 4.78 is 42.1. The van der Waals surface area contributed by atoms with Gasteiger partial charge in [0.15, 0.2) is 5.11 Å². The van der Waals surface area contributed by atoms with E-state index in [-0.39, 0.29) is 17.9 Å². The molecule has 2 aromatic carbocycles. The van der Waals surface area contributed by atoms with Gasteiger partial charge in [-0.15, -0.1) is 0 Å². The van der Waals surface area contributed by atoms with Gasteiger partial charge in [-0.2, -0.15) is 0 Å². The van der Waals surface area contributed by atoms with Gasteiger partial charge in [0, 0.05) is 29.5 Å². The minimum absolute atomic E-state index is 0.282. The molecule has 1 aliphatic rings. The maximum absolute atomic E-state index is 14.1. The molecule has 1 aliphatic heterocycles. The van der Waals surface area contributed by atoms with Crippen molar-refractivity contribution in [2.75, 3.05) is 15.9 Å². The average Bonchev–Trinajstić information content (AvgIpc) is 3.44. The fourth-order valence-corrected chi connectivity index (χ4v) is 5.52. The third-order valence-corrected chi connectivity index (χ3v) is 6.96. The lowest BCUT2D eigenvalue weighted by Crippen LogP contribution is -2.30. The number of aromatic nitrogens is 2. The zero-order valence-corrected chi connectivity index (χ0v) is 21.2. The summed E-state index contributed by atoms with van der Waals surface area (Å²) in [5, 5.41) is 3.92. The first-order valence-corrected chi connectivity index (χ1v) is 13.5. The van der Waals surface area contributed by atoms with Crippen molar-refractivity contribution in [3.63, 3.8) is 0 Å². The molecule has 5 rings (SSSR count). The first-order chi connectivity index (χ1) is 17.2. The van der Waals surface area contributed by atoms with Gasteiger partial charge in [0.2, 0.25) is 10.0 Å². The van der Waals surface area contributed by atoms with E-state index in [9.17, 15) is 12.8 Å². The predicted molar refractivity (Wildman–Crippen MR) is 143 cm³/mol. The largest absolute Gasteiger partial charge is 0.351 e. The zero-order valence-electron chi connectivity index (χ0n) is 19.6. The number of hydrogen-bond acceptors (Lipinski definition) is 4. The molecule has 0 radical (unpaired) electrons. The number of rotatable bonds is 6. The van der Waals surface area contributed by atoms with E-state index in [1.807, 2.05) is 71.1 Å². The van der Waals surface area contributed by atoms with E-state index < -0.39 is 10.0 Å². The number of sulfonamides is 1. The van der Waals surface area contributed by atoms with Crippen LogP contribution >= 0.6 is 12.2 Å². The molecular formula is C26H24FN5O2S2. The number of nitrogens with zero attached hydrogens (tertiary/aromatic N) is 3. The number of pyridine rings is 1. The van der Waals surface area contributed by atoms with Crippen LogP contribution in [0.5, 0.6) is 0 Å². The van der Waals surface area contributed by atoms with Crippen LogP contribution in [0.1, 0.15) is 29.0 Å². The van der Waals surface area contributed by atoms with Crippen LogP contribution in [0.2, 0.25) is 0 Å². The Bertz CT molecular complexity index is 1540. The summed E-state index contributed by atoms with van der Waals surface area (Å²) in [4.78, 5) is 6.57. The smallest absolute Gasteiger partial charge is 0.229 e. The molecular weight excluding hydrogens is 497 g/mol. The molecule has 1 saturated heterocycles. The van der Waals surface area contributed by atoms with Crippen LogP contribution in [0.3, 0.4) is 0 Å². The molecule has 0 amide bonds. The minimum Gasteiger partial charge on any atom is -0.351 e. The highest BCUT2D eigenvalue weighted by Crippen LogP contribution is 2.43. The molecule has 4 aromatic rings. The van der Waals surface area contributed by atoms with E-state index in [0.717, 1.165) is 28.9 Å². The number of thiocarbonyl (C=S) groups is 1. The molecule has 2 atom stereocenters. The minimum atomic E-state index is -3.42. The summed E-state index contributed by atoms with van der Waals surface area (Å²) in [7, 11) is -3.42. The molecule has 7 nitrogen and oxygen atoms in total. The van der Waals surface area contributed by atoms with Gasteiger partial charge in [0.1, 0.15) is 11.9 Å². The van der Waals surface area contributed by atoms with E-state index in [0.29, 0.717) is 16.5 Å². The van der Waals surface area contributed by atoms with Crippen LogP contribution in [-0.4, -0.2) is 29.3 Å². The Labute approximate surface area is 214 Å². The second kappa shape index (κ2) is 9.36. The second-order valence-corrected chi connectivity index (χ2v) is 10.8. The third kappa shape index (κ3) is 4.69. The van der Waals surface area contributed by atoms with Gasteiger partial charge in [0.25, 0.3) is 0 Å². The SMILES string of the molecule is Cc1cc(N2C(=S)NC(c3ccccn3)C2c2cccn2-c2cccc(F)c2)ccc1NS(C)(=O)=O. The molecule has 2 aromatic heterocycles. The highest BCUT2D eigenvalue weighted by Gasteiger charge is 2.42. The van der Waals surface area contributed by atoms with Gasteiger partial charge in [-0.1, -0.05) is 12.1 Å². The molecule has 2 N–H and O–H groups in total. The van der Waals surface area contributed by atoms with Crippen molar-refractivity contribution in [1.82, 2.24) is 14.9 Å². The first kappa shape index (κ1) is 24.0. The van der Waals surface area contributed by atoms with Gasteiger partial charge in [-0.25, -0.2) is 12.8 Å². The molecule has 0 saturated carbocycles. The highest BCUT2D eigenvalue weighted by atomic mass is 32.2. The van der Waals surface area contributed by atoms with Crippen molar-refractivity contribution < 1.29 is 12.8 Å². The van der Waals surface area contributed by atoms with E-state index in [2.05, 4.69) is 15.0 Å². The summed E-state index contributed by atoms with van der Waals surface area (Å²) in [6.45, 7) is 1.84. The Balaban J connectivity index is 1.64. The number of halogens is 1. The van der Waals surface area contributed by atoms with Crippen LogP contribution in [0, 0.1) is 12.7 Å². The lowest BCUT2D eigenvalue weighted by Gasteiger charge is -2.29. The second-order valence-electron chi connectivity index (χ2n) is 8.65. The summed E-state index contributed by atoms with van der Waals surface area (Å²) in [5.74, 6) is -0.324. The highest BCUT2D eigenvalue weighted by molar-refractivity contribution is 7.92. The van der Waals surface area contributed by atoms with Gasteiger partial charge in [0.05, 0.1) is 23.7 Å². The Morgan fingerprint density at radius 2 is 1.86 bits per heavy atom. The van der Waals surface area contributed by atoms with Crippen LogP contribution in [-0.2, 0) is 10.0 Å². The van der Waals surface area contributed by atoms with Gasteiger partial charge in [-0.3, -0.25) is 9.71 Å². The molecule has 0 bridgehead atoms. The fourth-order valence-electron chi connectivity index (χ4n) is 4.54. The van der Waals surface area contributed by atoms with Crippen molar-refractivity contribution in [3.8, 4) is 5.69 Å². The molecule has 184 valence electrons. The molecule has 0 spiro atoms. The lowest BCUT2D eigenvalue weighted by molar-refractivity contribution is 0.549. The molecule has 1 fully saturated rings. The normalized spacial score (nSPS) is 17.8. The Morgan fingerprint density at radius 1 is 1.03 bits per heavy atom.